The van der Waals surface area contributed by atoms with Gasteiger partial charge in [-0.05, 0) is 41.8 Å². The Balaban J connectivity index is 1.86. The zero-order valence-corrected chi connectivity index (χ0v) is 19.8. The van der Waals surface area contributed by atoms with Crippen LogP contribution in [0.2, 0.25) is 0 Å². The summed E-state index contributed by atoms with van der Waals surface area (Å²) in [5, 5.41) is 15.2. The van der Waals surface area contributed by atoms with Crippen molar-refractivity contribution in [2.24, 2.45) is 10.9 Å². The Morgan fingerprint density at radius 2 is 1.61 bits per heavy atom. The zero-order valence-electron chi connectivity index (χ0n) is 17.4. The summed E-state index contributed by atoms with van der Waals surface area (Å²) in [6.45, 7) is 1.47. The normalized spacial score (nSPS) is 12.1. The van der Waals surface area contributed by atoms with E-state index in [1.807, 2.05) is 0 Å². The molecule has 3 aromatic carbocycles. The number of rotatable bonds is 6. The SMILES string of the molecule is C/C(=C(\F)C(=O)Nc1ccc(-c2ccccc2S(N)(=O)=O)c(Br)c1)c1ccc(C(=N)N)cc1. The number of nitrogens with one attached hydrogen (secondary N) is 2. The highest BCUT2D eigenvalue weighted by atomic mass is 79.9. The third kappa shape index (κ3) is 5.54. The number of halogens is 2. The van der Waals surface area contributed by atoms with Crippen molar-refractivity contribution in [3.8, 4) is 11.1 Å². The van der Waals surface area contributed by atoms with Gasteiger partial charge < -0.3 is 11.1 Å². The van der Waals surface area contributed by atoms with Crippen LogP contribution in [0.4, 0.5) is 10.1 Å². The molecule has 3 aromatic rings. The summed E-state index contributed by atoms with van der Waals surface area (Å²) in [5.41, 5.74) is 7.74. The maximum atomic E-state index is 14.8. The van der Waals surface area contributed by atoms with E-state index in [4.69, 9.17) is 16.3 Å². The lowest BCUT2D eigenvalue weighted by Crippen LogP contribution is -2.14. The Bertz CT molecular complexity index is 1390. The topological polar surface area (TPSA) is 139 Å². The fraction of sp³-hybridized carbons (Fsp3) is 0.0435. The average Bonchev–Trinajstić information content (AvgIpc) is 2.77. The van der Waals surface area contributed by atoms with Gasteiger partial charge >= 0.3 is 0 Å². The fourth-order valence-corrected chi connectivity index (χ4v) is 4.48. The van der Waals surface area contributed by atoms with E-state index in [0.29, 0.717) is 32.4 Å². The van der Waals surface area contributed by atoms with Crippen molar-refractivity contribution in [2.45, 2.75) is 11.8 Å². The molecule has 0 fully saturated rings. The van der Waals surface area contributed by atoms with E-state index < -0.39 is 21.8 Å². The number of hydrogen-bond acceptors (Lipinski definition) is 4. The van der Waals surface area contributed by atoms with E-state index in [0.717, 1.165) is 0 Å². The van der Waals surface area contributed by atoms with Gasteiger partial charge in [0, 0.05) is 21.3 Å². The van der Waals surface area contributed by atoms with Crippen LogP contribution in [0.25, 0.3) is 16.7 Å². The van der Waals surface area contributed by atoms with Crippen LogP contribution in [0.15, 0.2) is 81.9 Å². The second-order valence-corrected chi connectivity index (χ2v) is 9.50. The molecule has 3 rings (SSSR count). The van der Waals surface area contributed by atoms with Crippen molar-refractivity contribution in [1.82, 2.24) is 0 Å². The molecule has 7 nitrogen and oxygen atoms in total. The summed E-state index contributed by atoms with van der Waals surface area (Å²) >= 11 is 3.38. The number of allylic oxidation sites excluding steroid dienone is 1. The molecule has 0 radical (unpaired) electrons. The number of benzene rings is 3. The van der Waals surface area contributed by atoms with Gasteiger partial charge in [-0.1, -0.05) is 64.5 Å². The molecule has 170 valence electrons. The summed E-state index contributed by atoms with van der Waals surface area (Å²) < 4.78 is 39.0. The van der Waals surface area contributed by atoms with Crippen LogP contribution >= 0.6 is 15.9 Å². The molecule has 0 aliphatic rings. The lowest BCUT2D eigenvalue weighted by molar-refractivity contribution is -0.114. The minimum Gasteiger partial charge on any atom is -0.384 e. The van der Waals surface area contributed by atoms with Gasteiger partial charge in [0.2, 0.25) is 10.0 Å². The molecule has 6 N–H and O–H groups in total. The number of hydrogen-bond donors (Lipinski definition) is 4. The maximum absolute atomic E-state index is 14.8. The first-order valence-electron chi connectivity index (χ1n) is 9.53. The highest BCUT2D eigenvalue weighted by molar-refractivity contribution is 9.10. The van der Waals surface area contributed by atoms with E-state index >= 15 is 0 Å². The number of carbonyl (C=O) groups excluding carboxylic acids is 1. The molecular weight excluding hydrogens is 511 g/mol. The third-order valence-electron chi connectivity index (χ3n) is 4.87. The van der Waals surface area contributed by atoms with Crippen LogP contribution in [-0.4, -0.2) is 20.2 Å². The molecule has 0 saturated heterocycles. The predicted octanol–water partition coefficient (Wildman–Crippen LogP) is 4.39. The lowest BCUT2D eigenvalue weighted by atomic mass is 10.0. The number of nitrogens with two attached hydrogens (primary N) is 2. The van der Waals surface area contributed by atoms with E-state index in [2.05, 4.69) is 21.2 Å². The van der Waals surface area contributed by atoms with Crippen LogP contribution in [0, 0.1) is 5.41 Å². The van der Waals surface area contributed by atoms with Crippen molar-refractivity contribution in [1.29, 1.82) is 5.41 Å². The molecule has 0 heterocycles. The predicted molar refractivity (Wildman–Crippen MR) is 131 cm³/mol. The highest BCUT2D eigenvalue weighted by Crippen LogP contribution is 2.34. The van der Waals surface area contributed by atoms with E-state index in [9.17, 15) is 17.6 Å². The van der Waals surface area contributed by atoms with E-state index in [1.165, 1.54) is 25.1 Å². The van der Waals surface area contributed by atoms with Crippen LogP contribution in [0.5, 0.6) is 0 Å². The van der Waals surface area contributed by atoms with Gasteiger partial charge in [0.1, 0.15) is 5.84 Å². The van der Waals surface area contributed by atoms with E-state index in [1.54, 1.807) is 48.5 Å². The first-order chi connectivity index (χ1) is 15.5. The summed E-state index contributed by atoms with van der Waals surface area (Å²) in [5.74, 6) is -2.01. The van der Waals surface area contributed by atoms with E-state index in [-0.39, 0.29) is 16.3 Å². The number of nitrogen functional groups attached to an aromatic ring is 1. The zero-order chi connectivity index (χ0) is 24.3. The van der Waals surface area contributed by atoms with Crippen LogP contribution in [0.1, 0.15) is 18.1 Å². The van der Waals surface area contributed by atoms with Crippen LogP contribution in [-0.2, 0) is 14.8 Å². The second kappa shape index (κ2) is 9.65. The molecule has 0 bridgehead atoms. The molecule has 0 aliphatic carbocycles. The van der Waals surface area contributed by atoms with Crippen molar-refractivity contribution in [3.63, 3.8) is 0 Å². The highest BCUT2D eigenvalue weighted by Gasteiger charge is 2.18. The van der Waals surface area contributed by atoms with Crippen molar-refractivity contribution in [2.75, 3.05) is 5.32 Å². The molecule has 0 aromatic heterocycles. The Hall–Kier alpha value is -3.34. The molecular formula is C23H20BrFN4O3S. The molecule has 10 heteroatoms. The quantitative estimate of drug-likeness (QED) is 0.213. The van der Waals surface area contributed by atoms with Crippen molar-refractivity contribution < 1.29 is 17.6 Å². The number of primary sulfonamides is 1. The first kappa shape index (κ1) is 24.3. The summed E-state index contributed by atoms with van der Waals surface area (Å²) in [6, 6.07) is 17.2. The van der Waals surface area contributed by atoms with Crippen molar-refractivity contribution >= 4 is 49.0 Å². The average molecular weight is 531 g/mol. The summed E-state index contributed by atoms with van der Waals surface area (Å²) in [7, 11) is -3.95. The number of amidine groups is 1. The van der Waals surface area contributed by atoms with Crippen LogP contribution in [0.3, 0.4) is 0 Å². The van der Waals surface area contributed by atoms with Gasteiger partial charge in [0.15, 0.2) is 5.83 Å². The molecule has 0 saturated carbocycles. The van der Waals surface area contributed by atoms with Gasteiger partial charge in [-0.15, -0.1) is 0 Å². The number of carbonyl (C=O) groups is 1. The summed E-state index contributed by atoms with van der Waals surface area (Å²) in [6.07, 6.45) is 0. The van der Waals surface area contributed by atoms with Crippen molar-refractivity contribution in [3.05, 3.63) is 88.2 Å². The Kier molecular flexibility index (Phi) is 7.11. The van der Waals surface area contributed by atoms with Gasteiger partial charge in [-0.25, -0.2) is 17.9 Å². The Morgan fingerprint density at radius 1 is 1.00 bits per heavy atom. The Labute approximate surface area is 199 Å². The van der Waals surface area contributed by atoms with Gasteiger partial charge in [-0.3, -0.25) is 10.2 Å². The molecule has 0 aliphatic heterocycles. The standard InChI is InChI=1S/C23H20BrFN4O3S/c1-13(14-6-8-15(9-7-14)22(26)27)21(25)23(30)29-16-10-11-17(19(24)12-16)18-4-2-3-5-20(18)33(28,31)32/h2-12H,1H3,(H3,26,27)(H,29,30)(H2,28,31,32)/b21-13+. The molecule has 33 heavy (non-hydrogen) atoms. The Morgan fingerprint density at radius 3 is 2.18 bits per heavy atom. The molecule has 0 atom stereocenters. The molecule has 0 unspecified atom stereocenters. The third-order valence-corrected chi connectivity index (χ3v) is 6.49. The largest absolute Gasteiger partial charge is 0.384 e. The fourth-order valence-electron chi connectivity index (χ4n) is 3.13. The molecule has 0 spiro atoms. The number of sulfonamides is 1. The number of anilines is 1. The van der Waals surface area contributed by atoms with Gasteiger partial charge in [0.25, 0.3) is 5.91 Å². The molecule has 1 amide bonds. The minimum absolute atomic E-state index is 0.0390. The van der Waals surface area contributed by atoms with Gasteiger partial charge in [-0.2, -0.15) is 0 Å². The monoisotopic (exact) mass is 530 g/mol. The summed E-state index contributed by atoms with van der Waals surface area (Å²) in [4.78, 5) is 12.4. The second-order valence-electron chi connectivity index (χ2n) is 7.12. The smallest absolute Gasteiger partial charge is 0.284 e. The van der Waals surface area contributed by atoms with Crippen LogP contribution < -0.4 is 16.2 Å². The minimum atomic E-state index is -3.95. The van der Waals surface area contributed by atoms with Gasteiger partial charge in [0.05, 0.1) is 4.90 Å². The first-order valence-corrected chi connectivity index (χ1v) is 11.9. The number of amides is 1. The maximum Gasteiger partial charge on any atom is 0.284 e. The lowest BCUT2D eigenvalue weighted by Gasteiger charge is -2.12.